The summed E-state index contributed by atoms with van der Waals surface area (Å²) in [5.41, 5.74) is 0.897. The molecule has 0 saturated carbocycles. The van der Waals surface area contributed by atoms with Gasteiger partial charge in [-0.25, -0.2) is 13.9 Å². The third-order valence-corrected chi connectivity index (χ3v) is 2.37. The lowest BCUT2D eigenvalue weighted by molar-refractivity contribution is -0.156. The Labute approximate surface area is 94.5 Å². The number of phosphoric acid groups is 1. The molecule has 1 atom stereocenters. The Morgan fingerprint density at radius 3 is 2.25 bits per heavy atom. The number of hydrogen-bond acceptors (Lipinski definition) is 4. The highest BCUT2D eigenvalue weighted by Crippen LogP contribution is 2.37. The van der Waals surface area contributed by atoms with E-state index >= 15 is 0 Å². The van der Waals surface area contributed by atoms with Crippen LogP contribution in [0, 0.1) is 0 Å². The van der Waals surface area contributed by atoms with E-state index in [4.69, 9.17) is 9.79 Å². The monoisotopic (exact) mass is 252 g/mol. The van der Waals surface area contributed by atoms with Gasteiger partial charge in [0.25, 0.3) is 0 Å². The van der Waals surface area contributed by atoms with Gasteiger partial charge in [-0.1, -0.05) is 19.4 Å². The highest BCUT2D eigenvalue weighted by Gasteiger charge is 2.20. The van der Waals surface area contributed by atoms with Gasteiger partial charge in [-0.05, 0) is 19.8 Å². The molecular formula is C9H17O6P. The van der Waals surface area contributed by atoms with Crippen LogP contribution < -0.4 is 0 Å². The standard InChI is InChI=1S/C9H17O6P/c1-4-8(5-2)6-9(10)14-7(3)15-16(11,12)13/h6-7H,4-5H2,1-3H3,(H2,11,12,13). The summed E-state index contributed by atoms with van der Waals surface area (Å²) in [6.45, 7) is 5.04. The van der Waals surface area contributed by atoms with Crippen LogP contribution in [0.3, 0.4) is 0 Å². The lowest BCUT2D eigenvalue weighted by Gasteiger charge is -2.13. The molecule has 0 bridgehead atoms. The molecule has 7 heteroatoms. The van der Waals surface area contributed by atoms with Crippen LogP contribution in [0.25, 0.3) is 0 Å². The molecule has 0 amide bonds. The second-order valence-corrected chi connectivity index (χ2v) is 4.30. The normalized spacial score (nSPS) is 13.1. The van der Waals surface area contributed by atoms with Crippen molar-refractivity contribution in [1.82, 2.24) is 0 Å². The van der Waals surface area contributed by atoms with Crippen molar-refractivity contribution < 1.29 is 28.4 Å². The zero-order chi connectivity index (χ0) is 12.8. The topological polar surface area (TPSA) is 93.1 Å². The minimum absolute atomic E-state index is 0.667. The Hall–Kier alpha value is -0.680. The molecule has 0 aliphatic carbocycles. The molecule has 6 nitrogen and oxygen atoms in total. The Morgan fingerprint density at radius 1 is 1.38 bits per heavy atom. The molecule has 0 fully saturated rings. The van der Waals surface area contributed by atoms with Crippen LogP contribution in [0.4, 0.5) is 0 Å². The van der Waals surface area contributed by atoms with E-state index in [2.05, 4.69) is 9.26 Å². The van der Waals surface area contributed by atoms with Crippen LogP contribution >= 0.6 is 7.82 Å². The Balaban J connectivity index is 4.25. The fourth-order valence-electron chi connectivity index (χ4n) is 1.03. The van der Waals surface area contributed by atoms with E-state index < -0.39 is 20.1 Å². The van der Waals surface area contributed by atoms with Gasteiger partial charge < -0.3 is 14.5 Å². The highest BCUT2D eigenvalue weighted by atomic mass is 31.2. The number of hydrogen-bond donors (Lipinski definition) is 2. The number of ether oxygens (including phenoxy) is 1. The first-order valence-corrected chi connectivity index (χ1v) is 6.45. The van der Waals surface area contributed by atoms with E-state index in [1.54, 1.807) is 0 Å². The number of esters is 1. The quantitative estimate of drug-likeness (QED) is 0.323. The first kappa shape index (κ1) is 15.3. The molecule has 94 valence electrons. The van der Waals surface area contributed by atoms with Gasteiger partial charge in [0.15, 0.2) is 0 Å². The van der Waals surface area contributed by atoms with Gasteiger partial charge in [-0.2, -0.15) is 0 Å². The van der Waals surface area contributed by atoms with E-state index in [0.29, 0.717) is 0 Å². The molecule has 0 aliphatic heterocycles. The molecule has 16 heavy (non-hydrogen) atoms. The predicted octanol–water partition coefficient (Wildman–Crippen LogP) is 1.73. The van der Waals surface area contributed by atoms with Crippen molar-refractivity contribution in [3.63, 3.8) is 0 Å². The maximum Gasteiger partial charge on any atom is 0.472 e. The Morgan fingerprint density at radius 2 is 1.88 bits per heavy atom. The van der Waals surface area contributed by atoms with E-state index in [1.165, 1.54) is 13.0 Å². The maximum absolute atomic E-state index is 11.2. The first-order chi connectivity index (χ1) is 7.28. The van der Waals surface area contributed by atoms with Crippen molar-refractivity contribution in [3.8, 4) is 0 Å². The van der Waals surface area contributed by atoms with Gasteiger partial charge in [-0.3, -0.25) is 0 Å². The molecule has 0 spiro atoms. The van der Waals surface area contributed by atoms with Crippen LogP contribution in [0.5, 0.6) is 0 Å². The van der Waals surface area contributed by atoms with Gasteiger partial charge in [0.05, 0.1) is 0 Å². The molecule has 0 rings (SSSR count). The molecule has 0 aromatic heterocycles. The van der Waals surface area contributed by atoms with Gasteiger partial charge in [-0.15, -0.1) is 0 Å². The molecule has 0 heterocycles. The summed E-state index contributed by atoms with van der Waals surface area (Å²) in [5.74, 6) is -0.667. The van der Waals surface area contributed by atoms with Crippen molar-refractivity contribution in [1.29, 1.82) is 0 Å². The summed E-state index contributed by atoms with van der Waals surface area (Å²) in [4.78, 5) is 28.2. The average Bonchev–Trinajstić information content (AvgIpc) is 2.10. The second kappa shape index (κ2) is 6.81. The highest BCUT2D eigenvalue weighted by molar-refractivity contribution is 7.46. The number of carbonyl (C=O) groups excluding carboxylic acids is 1. The molecule has 0 radical (unpaired) electrons. The summed E-state index contributed by atoms with van der Waals surface area (Å²) < 4.78 is 19.2. The van der Waals surface area contributed by atoms with Crippen molar-refractivity contribution in [3.05, 3.63) is 11.6 Å². The molecular weight excluding hydrogens is 235 g/mol. The van der Waals surface area contributed by atoms with Crippen molar-refractivity contribution in [2.45, 2.75) is 39.9 Å². The van der Waals surface area contributed by atoms with Gasteiger partial charge in [0, 0.05) is 6.08 Å². The average molecular weight is 252 g/mol. The van der Waals surface area contributed by atoms with Gasteiger partial charge >= 0.3 is 13.8 Å². The fourth-order valence-corrected chi connectivity index (χ4v) is 1.46. The van der Waals surface area contributed by atoms with Gasteiger partial charge in [0.2, 0.25) is 6.29 Å². The van der Waals surface area contributed by atoms with Crippen LogP contribution in [0.15, 0.2) is 11.6 Å². The van der Waals surface area contributed by atoms with Crippen molar-refractivity contribution in [2.75, 3.05) is 0 Å². The smallest absolute Gasteiger partial charge is 0.432 e. The minimum atomic E-state index is -4.62. The van der Waals surface area contributed by atoms with Crippen LogP contribution in [0.2, 0.25) is 0 Å². The van der Waals surface area contributed by atoms with E-state index in [1.807, 2.05) is 13.8 Å². The largest absolute Gasteiger partial charge is 0.472 e. The van der Waals surface area contributed by atoms with Crippen molar-refractivity contribution in [2.24, 2.45) is 0 Å². The number of rotatable bonds is 6. The van der Waals surface area contributed by atoms with Crippen molar-refractivity contribution >= 4 is 13.8 Å². The Bertz CT molecular complexity index is 299. The number of carbonyl (C=O) groups is 1. The summed E-state index contributed by atoms with van der Waals surface area (Å²) in [7, 11) is -4.62. The summed E-state index contributed by atoms with van der Waals surface area (Å²) in [6.07, 6.45) is 1.47. The first-order valence-electron chi connectivity index (χ1n) is 4.92. The van der Waals surface area contributed by atoms with E-state index in [-0.39, 0.29) is 0 Å². The summed E-state index contributed by atoms with van der Waals surface area (Å²) >= 11 is 0. The number of allylic oxidation sites excluding steroid dienone is 1. The molecule has 0 aliphatic rings. The SMILES string of the molecule is CCC(=CC(=O)OC(C)OP(=O)(O)O)CC. The number of phosphoric ester groups is 1. The van der Waals surface area contributed by atoms with E-state index in [9.17, 15) is 9.36 Å². The zero-order valence-electron chi connectivity index (χ0n) is 9.54. The van der Waals surface area contributed by atoms with Crippen LogP contribution in [0.1, 0.15) is 33.6 Å². The maximum atomic E-state index is 11.2. The van der Waals surface area contributed by atoms with E-state index in [0.717, 1.165) is 18.4 Å². The summed E-state index contributed by atoms with van der Waals surface area (Å²) in [6, 6.07) is 0. The lowest BCUT2D eigenvalue weighted by Crippen LogP contribution is -2.15. The lowest BCUT2D eigenvalue weighted by atomic mass is 10.1. The molecule has 2 N–H and O–H groups in total. The minimum Gasteiger partial charge on any atom is -0.432 e. The Kier molecular flexibility index (Phi) is 6.52. The summed E-state index contributed by atoms with van der Waals surface area (Å²) in [5, 5.41) is 0. The fraction of sp³-hybridized carbons (Fsp3) is 0.667. The third-order valence-electron chi connectivity index (χ3n) is 1.80. The molecule has 1 unspecified atom stereocenters. The third kappa shape index (κ3) is 7.59. The van der Waals surface area contributed by atoms with Crippen LogP contribution in [-0.4, -0.2) is 22.0 Å². The molecule has 0 saturated heterocycles. The predicted molar refractivity (Wildman–Crippen MR) is 57.3 cm³/mol. The second-order valence-electron chi connectivity index (χ2n) is 3.11. The molecule has 0 aromatic carbocycles. The molecule has 0 aromatic rings. The zero-order valence-corrected chi connectivity index (χ0v) is 10.4. The van der Waals surface area contributed by atoms with Gasteiger partial charge in [0.1, 0.15) is 0 Å². The van der Waals surface area contributed by atoms with Crippen LogP contribution in [-0.2, 0) is 18.6 Å².